The van der Waals surface area contributed by atoms with Gasteiger partial charge >= 0.3 is 11.9 Å². The van der Waals surface area contributed by atoms with Gasteiger partial charge in [0.2, 0.25) is 0 Å². The van der Waals surface area contributed by atoms with E-state index in [9.17, 15) is 9.59 Å². The fraction of sp³-hybridized carbons (Fsp3) is 0.818. The first kappa shape index (κ1) is 13.4. The number of carbonyl (C=O) groups is 2. The van der Waals surface area contributed by atoms with Crippen LogP contribution in [0.25, 0.3) is 0 Å². The third kappa shape index (κ3) is 3.70. The molecule has 2 atom stereocenters. The van der Waals surface area contributed by atoms with Gasteiger partial charge in [-0.15, -0.1) is 0 Å². The second-order valence-electron chi connectivity index (χ2n) is 3.86. The largest absolute Gasteiger partial charge is 0.459 e. The maximum atomic E-state index is 11.5. The zero-order valence-corrected chi connectivity index (χ0v) is 10.6. The van der Waals surface area contributed by atoms with Crippen LogP contribution in [-0.4, -0.2) is 36.0 Å². The molecule has 1 saturated carbocycles. The summed E-state index contributed by atoms with van der Waals surface area (Å²) >= 11 is 1.75. The normalized spacial score (nSPS) is 24.9. The van der Waals surface area contributed by atoms with E-state index in [1.54, 1.807) is 18.7 Å². The minimum absolute atomic E-state index is 0.112. The smallest absolute Gasteiger partial charge is 0.396 e. The lowest BCUT2D eigenvalue weighted by molar-refractivity contribution is -0.154. The zero-order chi connectivity index (χ0) is 12.0. The molecule has 1 fully saturated rings. The van der Waals surface area contributed by atoms with E-state index in [2.05, 4.69) is 10.1 Å². The van der Waals surface area contributed by atoms with Gasteiger partial charge in [-0.05, 0) is 26.0 Å². The molecule has 1 aliphatic carbocycles. The predicted octanol–water partition coefficient (Wildman–Crippen LogP) is 1.34. The van der Waals surface area contributed by atoms with E-state index in [-0.39, 0.29) is 12.6 Å². The van der Waals surface area contributed by atoms with Crippen molar-refractivity contribution in [2.45, 2.75) is 43.9 Å². The number of hydrogen-bond donors (Lipinski definition) is 1. The van der Waals surface area contributed by atoms with E-state index in [0.29, 0.717) is 5.25 Å². The number of carbonyl (C=O) groups excluding carboxylic acids is 2. The van der Waals surface area contributed by atoms with Crippen LogP contribution in [0.3, 0.4) is 0 Å². The van der Waals surface area contributed by atoms with E-state index in [0.717, 1.165) is 19.3 Å². The summed E-state index contributed by atoms with van der Waals surface area (Å²) in [5.74, 6) is -1.37. The SMILES string of the molecule is CCOC(=O)C(=O)NC1CCCCC1SC. The molecule has 0 saturated heterocycles. The minimum atomic E-state index is -0.770. The van der Waals surface area contributed by atoms with Crippen molar-refractivity contribution in [3.05, 3.63) is 0 Å². The van der Waals surface area contributed by atoms with E-state index in [1.165, 1.54) is 6.42 Å². The van der Waals surface area contributed by atoms with E-state index >= 15 is 0 Å². The van der Waals surface area contributed by atoms with Crippen LogP contribution < -0.4 is 5.32 Å². The molecular weight excluding hydrogens is 226 g/mol. The molecule has 1 amide bonds. The van der Waals surface area contributed by atoms with Gasteiger partial charge in [-0.1, -0.05) is 12.8 Å². The minimum Gasteiger partial charge on any atom is -0.459 e. The number of rotatable bonds is 3. The molecule has 16 heavy (non-hydrogen) atoms. The van der Waals surface area contributed by atoms with Gasteiger partial charge in [0.1, 0.15) is 0 Å². The number of thioether (sulfide) groups is 1. The lowest BCUT2D eigenvalue weighted by Gasteiger charge is -2.30. The molecule has 0 aromatic heterocycles. The number of amides is 1. The topological polar surface area (TPSA) is 55.4 Å². The van der Waals surface area contributed by atoms with E-state index in [4.69, 9.17) is 0 Å². The highest BCUT2D eigenvalue weighted by Crippen LogP contribution is 2.26. The summed E-state index contributed by atoms with van der Waals surface area (Å²) in [6.07, 6.45) is 6.42. The van der Waals surface area contributed by atoms with Crippen molar-refractivity contribution in [2.75, 3.05) is 12.9 Å². The van der Waals surface area contributed by atoms with Gasteiger partial charge in [-0.2, -0.15) is 11.8 Å². The lowest BCUT2D eigenvalue weighted by atomic mass is 9.95. The van der Waals surface area contributed by atoms with Crippen LogP contribution >= 0.6 is 11.8 Å². The molecule has 5 heteroatoms. The molecule has 0 radical (unpaired) electrons. The van der Waals surface area contributed by atoms with Crippen LogP contribution in [0.5, 0.6) is 0 Å². The van der Waals surface area contributed by atoms with E-state index in [1.807, 2.05) is 6.26 Å². The highest BCUT2D eigenvalue weighted by molar-refractivity contribution is 7.99. The maximum Gasteiger partial charge on any atom is 0.396 e. The highest BCUT2D eigenvalue weighted by atomic mass is 32.2. The monoisotopic (exact) mass is 245 g/mol. The highest BCUT2D eigenvalue weighted by Gasteiger charge is 2.28. The van der Waals surface area contributed by atoms with Gasteiger partial charge in [0.25, 0.3) is 0 Å². The lowest BCUT2D eigenvalue weighted by Crippen LogP contribution is -2.46. The fourth-order valence-electron chi connectivity index (χ4n) is 1.97. The molecule has 0 heterocycles. The molecule has 1 aliphatic rings. The Kier molecular flexibility index (Phi) is 5.66. The third-order valence-corrected chi connectivity index (χ3v) is 3.95. The Balaban J connectivity index is 2.44. The van der Waals surface area contributed by atoms with Gasteiger partial charge < -0.3 is 10.1 Å². The molecule has 0 aromatic carbocycles. The summed E-state index contributed by atoms with van der Waals surface area (Å²) in [4.78, 5) is 22.6. The molecule has 0 bridgehead atoms. The Hall–Kier alpha value is -0.710. The quantitative estimate of drug-likeness (QED) is 0.602. The van der Waals surface area contributed by atoms with Crippen molar-refractivity contribution in [1.29, 1.82) is 0 Å². The van der Waals surface area contributed by atoms with Crippen molar-refractivity contribution in [2.24, 2.45) is 0 Å². The Labute approximate surface area is 100 Å². The summed E-state index contributed by atoms with van der Waals surface area (Å²) in [6.45, 7) is 1.93. The molecule has 1 rings (SSSR count). The first-order valence-corrected chi connectivity index (χ1v) is 6.98. The number of nitrogens with one attached hydrogen (secondary N) is 1. The molecule has 0 spiro atoms. The van der Waals surface area contributed by atoms with Crippen molar-refractivity contribution >= 4 is 23.6 Å². The second kappa shape index (κ2) is 6.78. The predicted molar refractivity (Wildman–Crippen MR) is 64.3 cm³/mol. The molecular formula is C11H19NO3S. The zero-order valence-electron chi connectivity index (χ0n) is 9.82. The summed E-state index contributed by atoms with van der Waals surface area (Å²) in [6, 6.07) is 0.112. The average molecular weight is 245 g/mol. The van der Waals surface area contributed by atoms with Crippen molar-refractivity contribution in [3.8, 4) is 0 Å². The van der Waals surface area contributed by atoms with Crippen molar-refractivity contribution < 1.29 is 14.3 Å². The van der Waals surface area contributed by atoms with Crippen LogP contribution in [0.4, 0.5) is 0 Å². The van der Waals surface area contributed by atoms with Crippen LogP contribution in [-0.2, 0) is 14.3 Å². The van der Waals surface area contributed by atoms with Crippen LogP contribution in [0.15, 0.2) is 0 Å². The van der Waals surface area contributed by atoms with Gasteiger partial charge in [0, 0.05) is 11.3 Å². The van der Waals surface area contributed by atoms with Gasteiger partial charge in [0.15, 0.2) is 0 Å². The Morgan fingerprint density at radius 1 is 1.38 bits per heavy atom. The number of ether oxygens (including phenoxy) is 1. The fourth-order valence-corrected chi connectivity index (χ4v) is 2.90. The second-order valence-corrected chi connectivity index (χ2v) is 4.94. The summed E-state index contributed by atoms with van der Waals surface area (Å²) in [5.41, 5.74) is 0. The first-order valence-electron chi connectivity index (χ1n) is 5.69. The third-order valence-electron chi connectivity index (χ3n) is 2.78. The molecule has 0 aromatic rings. The molecule has 92 valence electrons. The number of esters is 1. The maximum absolute atomic E-state index is 11.5. The van der Waals surface area contributed by atoms with Crippen LogP contribution in [0.1, 0.15) is 32.6 Å². The molecule has 4 nitrogen and oxygen atoms in total. The van der Waals surface area contributed by atoms with Crippen molar-refractivity contribution in [3.63, 3.8) is 0 Å². The molecule has 1 N–H and O–H groups in total. The summed E-state index contributed by atoms with van der Waals surface area (Å²) in [7, 11) is 0. The Bertz CT molecular complexity index is 258. The molecule has 0 aliphatic heterocycles. The Morgan fingerprint density at radius 3 is 2.69 bits per heavy atom. The van der Waals surface area contributed by atoms with Crippen LogP contribution in [0.2, 0.25) is 0 Å². The van der Waals surface area contributed by atoms with Gasteiger partial charge in [-0.3, -0.25) is 4.79 Å². The molecule has 2 unspecified atom stereocenters. The van der Waals surface area contributed by atoms with Gasteiger partial charge in [0.05, 0.1) is 6.61 Å². The van der Waals surface area contributed by atoms with Crippen molar-refractivity contribution in [1.82, 2.24) is 5.32 Å². The summed E-state index contributed by atoms with van der Waals surface area (Å²) in [5, 5.41) is 3.19. The van der Waals surface area contributed by atoms with Crippen LogP contribution in [0, 0.1) is 0 Å². The summed E-state index contributed by atoms with van der Waals surface area (Å²) < 4.78 is 4.66. The first-order chi connectivity index (χ1) is 7.69. The Morgan fingerprint density at radius 2 is 2.06 bits per heavy atom. The number of hydrogen-bond acceptors (Lipinski definition) is 4. The standard InChI is InChI=1S/C11H19NO3S/c1-3-15-11(14)10(13)12-8-6-4-5-7-9(8)16-2/h8-9H,3-7H2,1-2H3,(H,12,13). The average Bonchev–Trinajstić information content (AvgIpc) is 2.30. The van der Waals surface area contributed by atoms with Gasteiger partial charge in [-0.25, -0.2) is 4.79 Å². The van der Waals surface area contributed by atoms with E-state index < -0.39 is 11.9 Å².